The third-order valence-corrected chi connectivity index (χ3v) is 4.99. The van der Waals surface area contributed by atoms with E-state index in [1.165, 1.54) is 6.92 Å². The van der Waals surface area contributed by atoms with Gasteiger partial charge in [0.1, 0.15) is 5.69 Å². The minimum absolute atomic E-state index is 0.00217. The number of amides is 1. The van der Waals surface area contributed by atoms with Crippen molar-refractivity contribution in [1.82, 2.24) is 14.9 Å². The van der Waals surface area contributed by atoms with E-state index < -0.39 is 5.56 Å². The fraction of sp³-hybridized carbons (Fsp3) is 0.150. The molecule has 9 heteroatoms. The first-order chi connectivity index (χ1) is 13.9. The van der Waals surface area contributed by atoms with Crippen molar-refractivity contribution >= 4 is 29.1 Å². The largest absolute Gasteiger partial charge is 0.334 e. The summed E-state index contributed by atoms with van der Waals surface area (Å²) >= 11 is 1.01. The first-order valence-corrected chi connectivity index (χ1v) is 9.74. The quantitative estimate of drug-likeness (QED) is 0.347. The lowest BCUT2D eigenvalue weighted by atomic mass is 10.1. The van der Waals surface area contributed by atoms with Crippen LogP contribution in [0.25, 0.3) is 0 Å². The number of hydrogen-bond acceptors (Lipinski definition) is 7. The number of nitrogens with zero attached hydrogens (tertiary/aromatic N) is 3. The summed E-state index contributed by atoms with van der Waals surface area (Å²) in [6.45, 7) is 1.47. The third-order valence-electron chi connectivity index (χ3n) is 4.05. The lowest BCUT2D eigenvalue weighted by Gasteiger charge is -2.08. The fourth-order valence-corrected chi connectivity index (χ4v) is 3.19. The highest BCUT2D eigenvalue weighted by Gasteiger charge is 2.13. The van der Waals surface area contributed by atoms with Crippen LogP contribution >= 0.6 is 11.8 Å². The molecular formula is C20H19N5O3S. The molecule has 1 aromatic heterocycles. The van der Waals surface area contributed by atoms with E-state index in [4.69, 9.17) is 5.84 Å². The first kappa shape index (κ1) is 20.3. The van der Waals surface area contributed by atoms with Crippen LogP contribution in [0.3, 0.4) is 0 Å². The van der Waals surface area contributed by atoms with Gasteiger partial charge in [-0.15, -0.1) is 10.2 Å². The van der Waals surface area contributed by atoms with Gasteiger partial charge in [-0.2, -0.15) is 4.68 Å². The van der Waals surface area contributed by atoms with Gasteiger partial charge < -0.3 is 11.2 Å². The second-order valence-electron chi connectivity index (χ2n) is 6.24. The molecule has 1 heterocycles. The molecule has 0 spiro atoms. The topological polar surface area (TPSA) is 120 Å². The molecule has 29 heavy (non-hydrogen) atoms. The maximum Gasteiger partial charge on any atom is 0.294 e. The molecule has 0 aliphatic carbocycles. The molecule has 0 aliphatic rings. The first-order valence-electron chi connectivity index (χ1n) is 8.75. The number of ketones is 1. The molecule has 0 saturated carbocycles. The van der Waals surface area contributed by atoms with E-state index in [1.54, 1.807) is 24.3 Å². The Morgan fingerprint density at radius 3 is 2.41 bits per heavy atom. The Bertz CT molecular complexity index is 1080. The van der Waals surface area contributed by atoms with Crippen molar-refractivity contribution < 1.29 is 9.59 Å². The van der Waals surface area contributed by atoms with Gasteiger partial charge in [0.05, 0.1) is 5.75 Å². The van der Waals surface area contributed by atoms with Gasteiger partial charge in [-0.1, -0.05) is 42.1 Å². The highest BCUT2D eigenvalue weighted by atomic mass is 32.2. The van der Waals surface area contributed by atoms with E-state index >= 15 is 0 Å². The van der Waals surface area contributed by atoms with E-state index in [0.717, 1.165) is 22.0 Å². The van der Waals surface area contributed by atoms with Gasteiger partial charge in [-0.25, -0.2) is 0 Å². The zero-order valence-corrected chi connectivity index (χ0v) is 16.5. The monoisotopic (exact) mass is 409 g/mol. The third kappa shape index (κ3) is 5.29. The lowest BCUT2D eigenvalue weighted by molar-refractivity contribution is -0.113. The molecule has 3 aromatic rings. The van der Waals surface area contributed by atoms with Crippen molar-refractivity contribution in [2.24, 2.45) is 0 Å². The number of rotatable bonds is 7. The fourth-order valence-electron chi connectivity index (χ4n) is 2.53. The van der Waals surface area contributed by atoms with Crippen LogP contribution in [0.2, 0.25) is 0 Å². The van der Waals surface area contributed by atoms with Crippen molar-refractivity contribution in [3.05, 3.63) is 81.8 Å². The Morgan fingerprint density at radius 1 is 1.07 bits per heavy atom. The average Bonchev–Trinajstić information content (AvgIpc) is 2.72. The van der Waals surface area contributed by atoms with Gasteiger partial charge in [0.2, 0.25) is 11.1 Å². The predicted octanol–water partition coefficient (Wildman–Crippen LogP) is 1.88. The number of carbonyl (C=O) groups is 2. The van der Waals surface area contributed by atoms with Crippen LogP contribution in [0.1, 0.15) is 28.5 Å². The molecule has 0 fully saturated rings. The Balaban J connectivity index is 1.61. The minimum Gasteiger partial charge on any atom is -0.334 e. The molecule has 1 amide bonds. The van der Waals surface area contributed by atoms with Crippen LogP contribution in [0, 0.1) is 0 Å². The zero-order chi connectivity index (χ0) is 20.8. The van der Waals surface area contributed by atoms with Gasteiger partial charge in [0.25, 0.3) is 5.56 Å². The smallest absolute Gasteiger partial charge is 0.294 e. The summed E-state index contributed by atoms with van der Waals surface area (Å²) in [6.07, 6.45) is 0.325. The van der Waals surface area contributed by atoms with Crippen molar-refractivity contribution in [2.45, 2.75) is 18.5 Å². The SMILES string of the molecule is CC(=O)c1ccc(NC(=O)CSc2nnc(Cc3ccccc3)c(=O)n2N)cc1. The summed E-state index contributed by atoms with van der Waals surface area (Å²) in [7, 11) is 0. The van der Waals surface area contributed by atoms with Crippen LogP contribution in [0.5, 0.6) is 0 Å². The summed E-state index contributed by atoms with van der Waals surface area (Å²) in [5.41, 5.74) is 1.84. The van der Waals surface area contributed by atoms with Crippen molar-refractivity contribution in [1.29, 1.82) is 0 Å². The lowest BCUT2D eigenvalue weighted by Crippen LogP contribution is -2.34. The van der Waals surface area contributed by atoms with Gasteiger partial charge in [-0.3, -0.25) is 14.4 Å². The standard InChI is InChI=1S/C20H19N5O3S/c1-13(26)15-7-9-16(10-8-15)22-18(27)12-29-20-24-23-17(19(28)25(20)21)11-14-5-3-2-4-6-14/h2-10H,11-12,21H2,1H3,(H,22,27). The summed E-state index contributed by atoms with van der Waals surface area (Å²) in [5.74, 6) is 5.49. The number of nitrogens with one attached hydrogen (secondary N) is 1. The van der Waals surface area contributed by atoms with Gasteiger partial charge in [-0.05, 0) is 36.8 Å². The maximum absolute atomic E-state index is 12.4. The number of carbonyl (C=O) groups excluding carboxylic acids is 2. The number of benzene rings is 2. The van der Waals surface area contributed by atoms with E-state index in [9.17, 15) is 14.4 Å². The molecule has 0 aliphatic heterocycles. The Kier molecular flexibility index (Phi) is 6.40. The number of anilines is 1. The Labute approximate surface area is 171 Å². The van der Waals surface area contributed by atoms with Gasteiger partial charge in [0, 0.05) is 17.7 Å². The second kappa shape index (κ2) is 9.16. The molecule has 0 atom stereocenters. The van der Waals surface area contributed by atoms with E-state index in [0.29, 0.717) is 17.7 Å². The van der Waals surface area contributed by atoms with Crippen LogP contribution in [-0.4, -0.2) is 32.3 Å². The van der Waals surface area contributed by atoms with Crippen LogP contribution in [0.15, 0.2) is 64.5 Å². The Hall–Kier alpha value is -3.46. The summed E-state index contributed by atoms with van der Waals surface area (Å²) in [6, 6.07) is 16.0. The van der Waals surface area contributed by atoms with Crippen molar-refractivity contribution in [2.75, 3.05) is 16.9 Å². The van der Waals surface area contributed by atoms with E-state index in [2.05, 4.69) is 15.5 Å². The molecule has 3 rings (SSSR count). The molecule has 0 saturated heterocycles. The molecule has 0 bridgehead atoms. The number of thioether (sulfide) groups is 1. The summed E-state index contributed by atoms with van der Waals surface area (Å²) in [5, 5.41) is 10.8. The molecule has 0 radical (unpaired) electrons. The predicted molar refractivity (Wildman–Crippen MR) is 111 cm³/mol. The minimum atomic E-state index is -0.452. The summed E-state index contributed by atoms with van der Waals surface area (Å²) < 4.78 is 0.908. The molecular weight excluding hydrogens is 390 g/mol. The molecule has 3 N–H and O–H groups in total. The van der Waals surface area contributed by atoms with E-state index in [-0.39, 0.29) is 28.3 Å². The zero-order valence-electron chi connectivity index (χ0n) is 15.7. The summed E-state index contributed by atoms with van der Waals surface area (Å²) in [4.78, 5) is 35.8. The molecule has 2 aromatic carbocycles. The highest BCUT2D eigenvalue weighted by Crippen LogP contribution is 2.14. The Morgan fingerprint density at radius 2 is 1.76 bits per heavy atom. The number of hydrogen-bond donors (Lipinski definition) is 2. The molecule has 148 valence electrons. The number of aromatic nitrogens is 3. The highest BCUT2D eigenvalue weighted by molar-refractivity contribution is 7.99. The maximum atomic E-state index is 12.4. The van der Waals surface area contributed by atoms with Crippen molar-refractivity contribution in [3.8, 4) is 0 Å². The van der Waals surface area contributed by atoms with Crippen LogP contribution in [0.4, 0.5) is 5.69 Å². The van der Waals surface area contributed by atoms with Crippen molar-refractivity contribution in [3.63, 3.8) is 0 Å². The average molecular weight is 409 g/mol. The van der Waals surface area contributed by atoms with Gasteiger partial charge >= 0.3 is 0 Å². The molecule has 0 unspecified atom stereocenters. The van der Waals surface area contributed by atoms with Crippen LogP contribution in [-0.2, 0) is 11.2 Å². The molecule has 8 nitrogen and oxygen atoms in total. The van der Waals surface area contributed by atoms with Gasteiger partial charge in [0.15, 0.2) is 5.78 Å². The second-order valence-corrected chi connectivity index (χ2v) is 7.18. The normalized spacial score (nSPS) is 10.5. The van der Waals surface area contributed by atoms with Crippen LogP contribution < -0.4 is 16.7 Å². The number of nitrogens with two attached hydrogens (primary N) is 1. The number of nitrogen functional groups attached to an aromatic ring is 1. The number of Topliss-reactive ketones (excluding diaryl/α,β-unsaturated/α-hetero) is 1. The van der Waals surface area contributed by atoms with E-state index in [1.807, 2.05) is 30.3 Å².